The molecule has 0 aromatic heterocycles. The molecule has 1 aromatic carbocycles. The van der Waals surface area contributed by atoms with E-state index in [9.17, 15) is 13.2 Å². The Balaban J connectivity index is 1.53. The summed E-state index contributed by atoms with van der Waals surface area (Å²) in [4.78, 5) is 14.6. The van der Waals surface area contributed by atoms with Gasteiger partial charge in [0.25, 0.3) is 0 Å². The van der Waals surface area contributed by atoms with E-state index in [2.05, 4.69) is 5.32 Å². The zero-order valence-corrected chi connectivity index (χ0v) is 16.7. The lowest BCUT2D eigenvalue weighted by atomic mass is 10.1. The van der Waals surface area contributed by atoms with E-state index in [0.29, 0.717) is 31.7 Å². The number of methoxy groups -OCH3 is 1. The van der Waals surface area contributed by atoms with Crippen molar-refractivity contribution in [3.63, 3.8) is 0 Å². The van der Waals surface area contributed by atoms with E-state index in [0.717, 1.165) is 25.9 Å². The number of nitrogens with zero attached hydrogens (tertiary/aromatic N) is 2. The van der Waals surface area contributed by atoms with Crippen LogP contribution in [-0.2, 0) is 10.0 Å². The summed E-state index contributed by atoms with van der Waals surface area (Å²) in [6.07, 6.45) is 5.76. The number of piperidine rings is 1. The summed E-state index contributed by atoms with van der Waals surface area (Å²) in [5, 5.41) is 3.09. The van der Waals surface area contributed by atoms with Crippen LogP contribution in [0.1, 0.15) is 38.5 Å². The highest BCUT2D eigenvalue weighted by Crippen LogP contribution is 2.23. The Hall–Kier alpha value is -1.80. The molecule has 0 saturated carbocycles. The maximum Gasteiger partial charge on any atom is 0.317 e. The number of rotatable bonds is 4. The number of ether oxygens (including phenoxy) is 1. The Morgan fingerprint density at radius 2 is 1.59 bits per heavy atom. The highest BCUT2D eigenvalue weighted by atomic mass is 32.2. The Kier molecular flexibility index (Phi) is 6.59. The third-order valence-corrected chi connectivity index (χ3v) is 7.28. The molecular weight excluding hydrogens is 366 g/mol. The van der Waals surface area contributed by atoms with Gasteiger partial charge in [0.1, 0.15) is 5.75 Å². The number of sulfonamides is 1. The van der Waals surface area contributed by atoms with E-state index in [1.807, 2.05) is 4.90 Å². The average Bonchev–Trinajstić information content (AvgIpc) is 2.98. The summed E-state index contributed by atoms with van der Waals surface area (Å²) < 4.78 is 32.2. The molecule has 2 aliphatic heterocycles. The number of carbonyl (C=O) groups excluding carboxylic acids is 1. The van der Waals surface area contributed by atoms with Crippen LogP contribution in [0, 0.1) is 0 Å². The maximum atomic E-state index is 12.8. The predicted octanol–water partition coefficient (Wildman–Crippen LogP) is 2.43. The first kappa shape index (κ1) is 19.9. The molecule has 2 amide bonds. The van der Waals surface area contributed by atoms with Crippen molar-refractivity contribution in [1.29, 1.82) is 0 Å². The molecule has 0 bridgehead atoms. The number of hydrogen-bond donors (Lipinski definition) is 1. The molecule has 0 spiro atoms. The summed E-state index contributed by atoms with van der Waals surface area (Å²) in [7, 11) is -1.96. The van der Waals surface area contributed by atoms with Crippen molar-refractivity contribution in [2.75, 3.05) is 33.3 Å². The van der Waals surface area contributed by atoms with Crippen molar-refractivity contribution in [1.82, 2.24) is 14.5 Å². The number of likely N-dealkylation sites (tertiary alicyclic amines) is 1. The van der Waals surface area contributed by atoms with E-state index < -0.39 is 10.0 Å². The van der Waals surface area contributed by atoms with Crippen molar-refractivity contribution >= 4 is 16.1 Å². The smallest absolute Gasteiger partial charge is 0.317 e. The number of hydrogen-bond acceptors (Lipinski definition) is 4. The number of urea groups is 1. The van der Waals surface area contributed by atoms with Gasteiger partial charge in [-0.25, -0.2) is 13.2 Å². The molecule has 1 N–H and O–H groups in total. The van der Waals surface area contributed by atoms with Gasteiger partial charge in [-0.15, -0.1) is 0 Å². The van der Waals surface area contributed by atoms with E-state index in [4.69, 9.17) is 4.74 Å². The molecule has 1 aromatic rings. The van der Waals surface area contributed by atoms with Gasteiger partial charge < -0.3 is 15.0 Å². The SMILES string of the molecule is COc1ccc(S(=O)(=O)N2CCC(NC(=O)N3CCCCCC3)CC2)cc1. The molecule has 2 fully saturated rings. The number of benzene rings is 1. The minimum absolute atomic E-state index is 0.00615. The number of amides is 2. The second-order valence-corrected chi connectivity index (χ2v) is 9.14. The molecular formula is C19H29N3O4S. The van der Waals surface area contributed by atoms with Crippen LogP contribution in [0.5, 0.6) is 5.75 Å². The van der Waals surface area contributed by atoms with Crippen LogP contribution in [0.3, 0.4) is 0 Å². The molecule has 0 unspecified atom stereocenters. The Labute approximate surface area is 161 Å². The van der Waals surface area contributed by atoms with Crippen LogP contribution in [0.4, 0.5) is 4.79 Å². The van der Waals surface area contributed by atoms with Gasteiger partial charge >= 0.3 is 6.03 Å². The summed E-state index contributed by atoms with van der Waals surface area (Å²) in [6, 6.07) is 6.47. The van der Waals surface area contributed by atoms with Crippen LogP contribution in [0.2, 0.25) is 0 Å². The third-order valence-electron chi connectivity index (χ3n) is 5.37. The zero-order chi connectivity index (χ0) is 19.3. The minimum Gasteiger partial charge on any atom is -0.497 e. The lowest BCUT2D eigenvalue weighted by Gasteiger charge is -2.33. The van der Waals surface area contributed by atoms with Crippen LogP contribution in [-0.4, -0.2) is 63.0 Å². The molecule has 0 aliphatic carbocycles. The molecule has 7 nitrogen and oxygen atoms in total. The van der Waals surface area contributed by atoms with E-state index in [1.54, 1.807) is 31.4 Å². The van der Waals surface area contributed by atoms with Gasteiger partial charge in [0.05, 0.1) is 12.0 Å². The van der Waals surface area contributed by atoms with Gasteiger partial charge in [0, 0.05) is 32.2 Å². The summed E-state index contributed by atoms with van der Waals surface area (Å²) >= 11 is 0. The van der Waals surface area contributed by atoms with Crippen LogP contribution >= 0.6 is 0 Å². The van der Waals surface area contributed by atoms with E-state index in [-0.39, 0.29) is 17.0 Å². The number of carbonyl (C=O) groups is 1. The maximum absolute atomic E-state index is 12.8. The van der Waals surface area contributed by atoms with Crippen LogP contribution in [0.15, 0.2) is 29.2 Å². The minimum atomic E-state index is -3.51. The summed E-state index contributed by atoms with van der Waals surface area (Å²) in [5.74, 6) is 0.629. The largest absolute Gasteiger partial charge is 0.497 e. The molecule has 3 rings (SSSR count). The van der Waals surface area contributed by atoms with Crippen molar-refractivity contribution in [2.24, 2.45) is 0 Å². The van der Waals surface area contributed by atoms with Gasteiger partial charge in [-0.05, 0) is 49.9 Å². The highest BCUT2D eigenvalue weighted by molar-refractivity contribution is 7.89. The van der Waals surface area contributed by atoms with E-state index >= 15 is 0 Å². The monoisotopic (exact) mass is 395 g/mol. The predicted molar refractivity (Wildman–Crippen MR) is 103 cm³/mol. The lowest BCUT2D eigenvalue weighted by molar-refractivity contribution is 0.189. The van der Waals surface area contributed by atoms with Crippen molar-refractivity contribution < 1.29 is 17.9 Å². The first-order chi connectivity index (χ1) is 13.0. The molecule has 0 radical (unpaired) electrons. The third kappa shape index (κ3) is 4.93. The normalized spacial score (nSPS) is 20.1. The first-order valence-electron chi connectivity index (χ1n) is 9.70. The molecule has 0 atom stereocenters. The second-order valence-electron chi connectivity index (χ2n) is 7.20. The molecule has 2 aliphatic rings. The van der Waals surface area contributed by atoms with Gasteiger partial charge in [-0.1, -0.05) is 12.8 Å². The van der Waals surface area contributed by atoms with Gasteiger partial charge in [0.2, 0.25) is 10.0 Å². The van der Waals surface area contributed by atoms with Crippen molar-refractivity contribution in [3.8, 4) is 5.75 Å². The Bertz CT molecular complexity index is 720. The van der Waals surface area contributed by atoms with Crippen LogP contribution < -0.4 is 10.1 Å². The molecule has 2 heterocycles. The fraction of sp³-hybridized carbons (Fsp3) is 0.632. The quantitative estimate of drug-likeness (QED) is 0.849. The fourth-order valence-electron chi connectivity index (χ4n) is 3.68. The molecule has 27 heavy (non-hydrogen) atoms. The first-order valence-corrected chi connectivity index (χ1v) is 11.1. The highest BCUT2D eigenvalue weighted by Gasteiger charge is 2.30. The Morgan fingerprint density at radius 1 is 1.00 bits per heavy atom. The second kappa shape index (κ2) is 8.93. The summed E-state index contributed by atoms with van der Waals surface area (Å²) in [5.41, 5.74) is 0. The van der Waals surface area contributed by atoms with Gasteiger partial charge in [0.15, 0.2) is 0 Å². The van der Waals surface area contributed by atoms with Crippen LogP contribution in [0.25, 0.3) is 0 Å². The molecule has 8 heteroatoms. The average molecular weight is 396 g/mol. The molecule has 2 saturated heterocycles. The van der Waals surface area contributed by atoms with Gasteiger partial charge in [-0.2, -0.15) is 4.31 Å². The zero-order valence-electron chi connectivity index (χ0n) is 15.9. The number of nitrogens with one attached hydrogen (secondary N) is 1. The van der Waals surface area contributed by atoms with Crippen molar-refractivity contribution in [3.05, 3.63) is 24.3 Å². The lowest BCUT2D eigenvalue weighted by Crippen LogP contribution is -2.50. The molecule has 150 valence electrons. The summed E-state index contributed by atoms with van der Waals surface area (Å²) in [6.45, 7) is 2.46. The van der Waals surface area contributed by atoms with Crippen molar-refractivity contribution in [2.45, 2.75) is 49.5 Å². The standard InChI is InChI=1S/C19H29N3O4S/c1-26-17-6-8-18(9-7-17)27(24,25)22-14-10-16(11-15-22)20-19(23)21-12-4-2-3-5-13-21/h6-9,16H,2-5,10-15H2,1H3,(H,20,23). The van der Waals surface area contributed by atoms with E-state index in [1.165, 1.54) is 17.1 Å². The Morgan fingerprint density at radius 3 is 2.15 bits per heavy atom. The topological polar surface area (TPSA) is 79.0 Å². The van der Waals surface area contributed by atoms with Gasteiger partial charge in [-0.3, -0.25) is 0 Å². The fourth-order valence-corrected chi connectivity index (χ4v) is 5.15.